The molecular weight excluding hydrogens is 156 g/mol. The highest BCUT2D eigenvalue weighted by molar-refractivity contribution is 7.09. The molecule has 1 rings (SSSR count). The van der Waals surface area contributed by atoms with Gasteiger partial charge in [-0.2, -0.15) is 0 Å². The molecule has 0 amide bonds. The van der Waals surface area contributed by atoms with Crippen molar-refractivity contribution in [3.05, 3.63) is 16.1 Å². The third-order valence-corrected chi connectivity index (χ3v) is 2.15. The van der Waals surface area contributed by atoms with E-state index in [1.54, 1.807) is 11.3 Å². The molecule has 3 heteroatoms. The van der Waals surface area contributed by atoms with Gasteiger partial charge in [-0.25, -0.2) is 4.98 Å². The molecule has 1 aromatic rings. The highest BCUT2D eigenvalue weighted by Crippen LogP contribution is 2.15. The molecule has 58 valence electrons. The third kappa shape index (κ3) is 2.04. The zero-order valence-electron chi connectivity index (χ0n) is 6.37. The number of hydrogen-bond donors (Lipinski definition) is 1. The lowest BCUT2D eigenvalue weighted by Crippen LogP contribution is -2.09. The van der Waals surface area contributed by atoms with E-state index in [9.17, 15) is 0 Å². The number of hydrogen-bond acceptors (Lipinski definition) is 3. The standard InChI is InChI=1S/C8H10N2S/c1-3-4-7(9)8-5-11-6(2)10-8/h1,5,7H,4,9H2,2H3. The van der Waals surface area contributed by atoms with E-state index in [1.807, 2.05) is 12.3 Å². The summed E-state index contributed by atoms with van der Waals surface area (Å²) in [6.07, 6.45) is 5.68. The highest BCUT2D eigenvalue weighted by Gasteiger charge is 2.06. The molecule has 0 spiro atoms. The fraction of sp³-hybridized carbons (Fsp3) is 0.375. The van der Waals surface area contributed by atoms with Crippen molar-refractivity contribution < 1.29 is 0 Å². The van der Waals surface area contributed by atoms with Crippen LogP contribution in [0.15, 0.2) is 5.38 Å². The van der Waals surface area contributed by atoms with Crippen molar-refractivity contribution in [1.82, 2.24) is 4.98 Å². The van der Waals surface area contributed by atoms with Crippen LogP contribution in [0.1, 0.15) is 23.2 Å². The summed E-state index contributed by atoms with van der Waals surface area (Å²) in [6, 6.07) is -0.0926. The minimum atomic E-state index is -0.0926. The van der Waals surface area contributed by atoms with Crippen molar-refractivity contribution in [1.29, 1.82) is 0 Å². The maximum absolute atomic E-state index is 5.72. The van der Waals surface area contributed by atoms with Crippen molar-refractivity contribution in [3.63, 3.8) is 0 Å². The lowest BCUT2D eigenvalue weighted by Gasteiger charge is -2.01. The van der Waals surface area contributed by atoms with Crippen LogP contribution < -0.4 is 5.73 Å². The Bertz CT molecular complexity index is 272. The Hall–Kier alpha value is -0.850. The van der Waals surface area contributed by atoms with E-state index in [1.165, 1.54) is 0 Å². The largest absolute Gasteiger partial charge is 0.322 e. The van der Waals surface area contributed by atoms with Gasteiger partial charge in [-0.3, -0.25) is 0 Å². The van der Waals surface area contributed by atoms with Crippen molar-refractivity contribution in [2.45, 2.75) is 19.4 Å². The van der Waals surface area contributed by atoms with Crippen LogP contribution in [0.5, 0.6) is 0 Å². The van der Waals surface area contributed by atoms with Crippen LogP contribution in [0.25, 0.3) is 0 Å². The van der Waals surface area contributed by atoms with Crippen molar-refractivity contribution >= 4 is 11.3 Å². The summed E-state index contributed by atoms with van der Waals surface area (Å²) < 4.78 is 0. The summed E-state index contributed by atoms with van der Waals surface area (Å²) in [5.41, 5.74) is 6.63. The maximum Gasteiger partial charge on any atom is 0.0898 e. The predicted octanol–water partition coefficient (Wildman–Crippen LogP) is 1.47. The first-order chi connectivity index (χ1) is 5.24. The molecule has 0 fully saturated rings. The van der Waals surface area contributed by atoms with Gasteiger partial charge in [-0.15, -0.1) is 23.7 Å². The average Bonchev–Trinajstić information content (AvgIpc) is 2.36. The normalized spacial score (nSPS) is 12.5. The number of aryl methyl sites for hydroxylation is 1. The molecule has 0 radical (unpaired) electrons. The molecule has 1 heterocycles. The molecule has 0 aromatic carbocycles. The van der Waals surface area contributed by atoms with E-state index in [0.29, 0.717) is 6.42 Å². The fourth-order valence-corrected chi connectivity index (χ4v) is 1.46. The molecular formula is C8H10N2S. The summed E-state index contributed by atoms with van der Waals surface area (Å²) in [6.45, 7) is 1.96. The molecule has 0 aliphatic heterocycles. The quantitative estimate of drug-likeness (QED) is 0.676. The Morgan fingerprint density at radius 1 is 1.91 bits per heavy atom. The van der Waals surface area contributed by atoms with Crippen LogP contribution in [0.3, 0.4) is 0 Å². The van der Waals surface area contributed by atoms with Crippen LogP contribution in [-0.2, 0) is 0 Å². The lowest BCUT2D eigenvalue weighted by molar-refractivity contribution is 0.729. The van der Waals surface area contributed by atoms with Crippen LogP contribution in [0, 0.1) is 19.3 Å². The average molecular weight is 166 g/mol. The van der Waals surface area contributed by atoms with Crippen molar-refractivity contribution in [2.24, 2.45) is 5.73 Å². The zero-order chi connectivity index (χ0) is 8.27. The Morgan fingerprint density at radius 3 is 3.09 bits per heavy atom. The van der Waals surface area contributed by atoms with Gasteiger partial charge in [0, 0.05) is 11.8 Å². The second kappa shape index (κ2) is 3.51. The minimum Gasteiger partial charge on any atom is -0.322 e. The molecule has 0 bridgehead atoms. The van der Waals surface area contributed by atoms with Crippen LogP contribution >= 0.6 is 11.3 Å². The second-order valence-corrected chi connectivity index (χ2v) is 3.37. The number of nitrogens with two attached hydrogens (primary N) is 1. The first-order valence-electron chi connectivity index (χ1n) is 3.35. The van der Waals surface area contributed by atoms with Gasteiger partial charge >= 0.3 is 0 Å². The molecule has 1 unspecified atom stereocenters. The Kier molecular flexibility index (Phi) is 2.64. The topological polar surface area (TPSA) is 38.9 Å². The number of aromatic nitrogens is 1. The SMILES string of the molecule is C#CCC(N)c1csc(C)n1. The van der Waals surface area contributed by atoms with E-state index in [0.717, 1.165) is 10.7 Å². The number of thiazole rings is 1. The minimum absolute atomic E-state index is 0.0926. The molecule has 0 aliphatic carbocycles. The van der Waals surface area contributed by atoms with E-state index >= 15 is 0 Å². The van der Waals surface area contributed by atoms with Crippen LogP contribution in [-0.4, -0.2) is 4.98 Å². The Balaban J connectivity index is 2.70. The van der Waals surface area contributed by atoms with Crippen molar-refractivity contribution in [2.75, 3.05) is 0 Å². The summed E-state index contributed by atoms with van der Waals surface area (Å²) in [4.78, 5) is 4.23. The van der Waals surface area contributed by atoms with Gasteiger partial charge in [-0.1, -0.05) is 0 Å². The van der Waals surface area contributed by atoms with Crippen molar-refractivity contribution in [3.8, 4) is 12.3 Å². The van der Waals surface area contributed by atoms with Gasteiger partial charge in [0.25, 0.3) is 0 Å². The van der Waals surface area contributed by atoms with Gasteiger partial charge in [0.05, 0.1) is 16.7 Å². The molecule has 0 aliphatic rings. The molecule has 1 aromatic heterocycles. The smallest absolute Gasteiger partial charge is 0.0898 e. The molecule has 0 saturated heterocycles. The maximum atomic E-state index is 5.72. The summed E-state index contributed by atoms with van der Waals surface area (Å²) >= 11 is 1.60. The first-order valence-corrected chi connectivity index (χ1v) is 4.23. The van der Waals surface area contributed by atoms with E-state index in [2.05, 4.69) is 10.9 Å². The Morgan fingerprint density at radius 2 is 2.64 bits per heavy atom. The van der Waals surface area contributed by atoms with E-state index in [-0.39, 0.29) is 6.04 Å². The van der Waals surface area contributed by atoms with Gasteiger partial charge in [-0.05, 0) is 6.92 Å². The van der Waals surface area contributed by atoms with Crippen LogP contribution in [0.2, 0.25) is 0 Å². The highest BCUT2D eigenvalue weighted by atomic mass is 32.1. The van der Waals surface area contributed by atoms with Gasteiger partial charge in [0.2, 0.25) is 0 Å². The van der Waals surface area contributed by atoms with E-state index < -0.39 is 0 Å². The van der Waals surface area contributed by atoms with E-state index in [4.69, 9.17) is 12.2 Å². The Labute approximate surface area is 70.5 Å². The molecule has 11 heavy (non-hydrogen) atoms. The van der Waals surface area contributed by atoms with Crippen LogP contribution in [0.4, 0.5) is 0 Å². The molecule has 2 nitrogen and oxygen atoms in total. The van der Waals surface area contributed by atoms with Gasteiger partial charge in [0.1, 0.15) is 0 Å². The number of terminal acetylenes is 1. The molecule has 0 saturated carbocycles. The monoisotopic (exact) mass is 166 g/mol. The van der Waals surface area contributed by atoms with Gasteiger partial charge in [0.15, 0.2) is 0 Å². The molecule has 2 N–H and O–H groups in total. The molecule has 1 atom stereocenters. The number of rotatable bonds is 2. The number of nitrogens with zero attached hydrogens (tertiary/aromatic N) is 1. The lowest BCUT2D eigenvalue weighted by atomic mass is 10.2. The fourth-order valence-electron chi connectivity index (χ4n) is 0.782. The predicted molar refractivity (Wildman–Crippen MR) is 47.2 cm³/mol. The van der Waals surface area contributed by atoms with Gasteiger partial charge < -0.3 is 5.73 Å². The zero-order valence-corrected chi connectivity index (χ0v) is 7.19. The first kappa shape index (κ1) is 8.25. The summed E-state index contributed by atoms with van der Waals surface area (Å²) in [5.74, 6) is 2.51. The third-order valence-electron chi connectivity index (χ3n) is 1.35. The summed E-state index contributed by atoms with van der Waals surface area (Å²) in [7, 11) is 0. The summed E-state index contributed by atoms with van der Waals surface area (Å²) in [5, 5.41) is 2.99. The second-order valence-electron chi connectivity index (χ2n) is 2.31.